The van der Waals surface area contributed by atoms with E-state index in [0.29, 0.717) is 5.70 Å². The molecule has 3 heteroatoms. The predicted octanol–water partition coefficient (Wildman–Crippen LogP) is 3.97. The van der Waals surface area contributed by atoms with Crippen molar-refractivity contribution in [1.29, 1.82) is 0 Å². The van der Waals surface area contributed by atoms with Crippen molar-refractivity contribution >= 4 is 11.9 Å². The molecule has 0 saturated heterocycles. The number of hydrazone groups is 1. The highest BCUT2D eigenvalue weighted by molar-refractivity contribution is 5.90. The largest absolute Gasteiger partial charge is 0.259 e. The molecule has 0 radical (unpaired) electrons. The van der Waals surface area contributed by atoms with Crippen LogP contribution in [0.5, 0.6) is 0 Å². The number of rotatable bonds is 5. The van der Waals surface area contributed by atoms with Crippen molar-refractivity contribution in [2.75, 3.05) is 0 Å². The number of nitrogens with zero attached hydrogens (tertiary/aromatic N) is 2. The molecule has 0 aromatic heterocycles. The molecule has 1 heterocycles. The molecule has 1 unspecified atom stereocenters. The van der Waals surface area contributed by atoms with Crippen LogP contribution in [0.1, 0.15) is 24.0 Å². The van der Waals surface area contributed by atoms with Gasteiger partial charge in [-0.3, -0.25) is 5.01 Å². The Labute approximate surface area is 113 Å². The topological polar surface area (TPSA) is 15.6 Å². The van der Waals surface area contributed by atoms with Crippen molar-refractivity contribution < 1.29 is 4.39 Å². The Morgan fingerprint density at radius 2 is 2.16 bits per heavy atom. The van der Waals surface area contributed by atoms with Crippen molar-refractivity contribution in [2.45, 2.75) is 18.9 Å². The summed E-state index contributed by atoms with van der Waals surface area (Å²) in [6, 6.07) is 4.67. The lowest BCUT2D eigenvalue weighted by Crippen LogP contribution is -2.30. The summed E-state index contributed by atoms with van der Waals surface area (Å²) in [6.07, 6.45) is 7.14. The van der Waals surface area contributed by atoms with Gasteiger partial charge in [-0.05, 0) is 31.0 Å². The van der Waals surface area contributed by atoms with Crippen LogP contribution in [0, 0.1) is 5.82 Å². The van der Waals surface area contributed by atoms with Gasteiger partial charge in [0.2, 0.25) is 0 Å². The molecule has 0 aliphatic carbocycles. The van der Waals surface area contributed by atoms with Crippen LogP contribution < -0.4 is 0 Å². The first-order valence-electron chi connectivity index (χ1n) is 6.23. The second kappa shape index (κ2) is 5.65. The summed E-state index contributed by atoms with van der Waals surface area (Å²) in [5.74, 6) is -0.267. The van der Waals surface area contributed by atoms with E-state index in [1.807, 2.05) is 12.2 Å². The molecule has 1 atom stereocenters. The van der Waals surface area contributed by atoms with Crippen LogP contribution in [0.25, 0.3) is 5.70 Å². The van der Waals surface area contributed by atoms with Gasteiger partial charge < -0.3 is 0 Å². The maximum absolute atomic E-state index is 13.3. The summed E-state index contributed by atoms with van der Waals surface area (Å²) in [6.45, 7) is 11.6. The normalized spacial score (nSPS) is 15.0. The van der Waals surface area contributed by atoms with Crippen LogP contribution in [-0.2, 0) is 0 Å². The van der Waals surface area contributed by atoms with E-state index in [1.54, 1.807) is 17.3 Å². The van der Waals surface area contributed by atoms with E-state index in [-0.39, 0.29) is 11.9 Å². The third kappa shape index (κ3) is 2.65. The van der Waals surface area contributed by atoms with E-state index in [4.69, 9.17) is 0 Å². The lowest BCUT2D eigenvalue weighted by atomic mass is 10.0. The van der Waals surface area contributed by atoms with E-state index in [0.717, 1.165) is 24.0 Å². The second-order valence-electron chi connectivity index (χ2n) is 4.44. The van der Waals surface area contributed by atoms with Crippen LogP contribution in [-0.4, -0.2) is 17.3 Å². The Morgan fingerprint density at radius 3 is 2.84 bits per heavy atom. The molecule has 98 valence electrons. The van der Waals surface area contributed by atoms with Gasteiger partial charge in [0.1, 0.15) is 5.82 Å². The number of fused-ring (bicyclic) bond motifs is 1. The lowest BCUT2D eigenvalue weighted by Gasteiger charge is -2.31. The number of hydrogen-bond acceptors (Lipinski definition) is 2. The average molecular weight is 256 g/mol. The van der Waals surface area contributed by atoms with Gasteiger partial charge in [-0.1, -0.05) is 18.7 Å². The SMILES string of the molecule is C=CCCC(C=C)N1N=Cc2ccc(F)cc2C1=C. The summed E-state index contributed by atoms with van der Waals surface area (Å²) < 4.78 is 13.3. The third-order valence-electron chi connectivity index (χ3n) is 3.18. The Balaban J connectivity index is 2.29. The molecule has 19 heavy (non-hydrogen) atoms. The summed E-state index contributed by atoms with van der Waals surface area (Å²) in [7, 11) is 0. The van der Waals surface area contributed by atoms with Gasteiger partial charge in [-0.2, -0.15) is 5.10 Å². The minimum absolute atomic E-state index is 0.0400. The number of benzene rings is 1. The van der Waals surface area contributed by atoms with Crippen molar-refractivity contribution in [3.05, 3.63) is 67.0 Å². The van der Waals surface area contributed by atoms with E-state index in [2.05, 4.69) is 24.8 Å². The van der Waals surface area contributed by atoms with Gasteiger partial charge in [0, 0.05) is 11.1 Å². The lowest BCUT2D eigenvalue weighted by molar-refractivity contribution is 0.342. The Hall–Kier alpha value is -2.16. The van der Waals surface area contributed by atoms with E-state index in [1.165, 1.54) is 12.1 Å². The van der Waals surface area contributed by atoms with Gasteiger partial charge in [0.15, 0.2) is 0 Å². The first kappa shape index (κ1) is 13.3. The van der Waals surface area contributed by atoms with Crippen molar-refractivity contribution in [1.82, 2.24) is 5.01 Å². The van der Waals surface area contributed by atoms with Gasteiger partial charge in [0.25, 0.3) is 0 Å². The molecule has 1 aliphatic rings. The molecule has 0 spiro atoms. The monoisotopic (exact) mass is 256 g/mol. The minimum atomic E-state index is -0.267. The number of halogens is 1. The van der Waals surface area contributed by atoms with E-state index < -0.39 is 0 Å². The molecular weight excluding hydrogens is 239 g/mol. The summed E-state index contributed by atoms with van der Waals surface area (Å²) in [4.78, 5) is 0. The maximum Gasteiger partial charge on any atom is 0.123 e. The van der Waals surface area contributed by atoms with Crippen LogP contribution in [0.2, 0.25) is 0 Å². The van der Waals surface area contributed by atoms with Crippen molar-refractivity contribution in [3.8, 4) is 0 Å². The van der Waals surface area contributed by atoms with Crippen LogP contribution in [0.4, 0.5) is 4.39 Å². The first-order valence-corrected chi connectivity index (χ1v) is 6.23. The van der Waals surface area contributed by atoms with Crippen LogP contribution in [0.15, 0.2) is 55.2 Å². The average Bonchev–Trinajstić information content (AvgIpc) is 2.42. The van der Waals surface area contributed by atoms with Crippen LogP contribution in [0.3, 0.4) is 0 Å². The molecule has 0 saturated carbocycles. The highest BCUT2D eigenvalue weighted by Gasteiger charge is 2.22. The maximum atomic E-state index is 13.3. The molecule has 0 N–H and O–H groups in total. The molecule has 0 amide bonds. The first-order chi connectivity index (χ1) is 9.17. The standard InChI is InChI=1S/C16H17FN2/c1-4-6-7-15(5-2)19-12(3)16-10-14(17)9-8-13(16)11-18-19/h4-5,8-11,15H,1-3,6-7H2. The Morgan fingerprint density at radius 1 is 1.37 bits per heavy atom. The highest BCUT2D eigenvalue weighted by atomic mass is 19.1. The number of hydrogen-bond donors (Lipinski definition) is 0. The molecule has 2 nitrogen and oxygen atoms in total. The zero-order chi connectivity index (χ0) is 13.8. The van der Waals surface area contributed by atoms with Gasteiger partial charge >= 0.3 is 0 Å². The molecule has 0 bridgehead atoms. The Kier molecular flexibility index (Phi) is 3.95. The Bertz CT molecular complexity index is 546. The second-order valence-corrected chi connectivity index (χ2v) is 4.44. The van der Waals surface area contributed by atoms with Crippen LogP contribution >= 0.6 is 0 Å². The van der Waals surface area contributed by atoms with E-state index in [9.17, 15) is 4.39 Å². The molecule has 0 fully saturated rings. The zero-order valence-corrected chi connectivity index (χ0v) is 10.8. The summed E-state index contributed by atoms with van der Waals surface area (Å²) in [5.41, 5.74) is 2.36. The van der Waals surface area contributed by atoms with Crippen molar-refractivity contribution in [3.63, 3.8) is 0 Å². The minimum Gasteiger partial charge on any atom is -0.259 e. The summed E-state index contributed by atoms with van der Waals surface area (Å²) >= 11 is 0. The fraction of sp³-hybridized carbons (Fsp3) is 0.188. The molecule has 1 aliphatic heterocycles. The van der Waals surface area contributed by atoms with Gasteiger partial charge in [-0.25, -0.2) is 4.39 Å². The van der Waals surface area contributed by atoms with Gasteiger partial charge in [0.05, 0.1) is 18.0 Å². The molecule has 2 rings (SSSR count). The quantitative estimate of drug-likeness (QED) is 0.728. The molecular formula is C16H17FN2. The molecule has 1 aromatic rings. The summed E-state index contributed by atoms with van der Waals surface area (Å²) in [5, 5.41) is 6.18. The fourth-order valence-electron chi connectivity index (χ4n) is 2.12. The number of allylic oxidation sites excluding steroid dienone is 1. The smallest absolute Gasteiger partial charge is 0.123 e. The predicted molar refractivity (Wildman–Crippen MR) is 78.3 cm³/mol. The highest BCUT2D eigenvalue weighted by Crippen LogP contribution is 2.29. The van der Waals surface area contributed by atoms with Gasteiger partial charge in [-0.15, -0.1) is 13.2 Å². The molecule has 1 aromatic carbocycles. The fourth-order valence-corrected chi connectivity index (χ4v) is 2.12. The zero-order valence-electron chi connectivity index (χ0n) is 10.8. The van der Waals surface area contributed by atoms with E-state index >= 15 is 0 Å². The third-order valence-corrected chi connectivity index (χ3v) is 3.18. The van der Waals surface area contributed by atoms with Crippen molar-refractivity contribution in [2.24, 2.45) is 5.10 Å².